The number of rotatable bonds is 5. The highest BCUT2D eigenvalue weighted by atomic mass is 79.9. The van der Waals surface area contributed by atoms with Crippen LogP contribution < -0.4 is 17.2 Å². The number of aromatic amines is 1. The number of anilines is 3. The van der Waals surface area contributed by atoms with Crippen LogP contribution in [0, 0.1) is 34.0 Å². The summed E-state index contributed by atoms with van der Waals surface area (Å²) in [6.45, 7) is 11.6. The number of hydrogen-bond donors (Lipinski definition) is 4. The molecule has 0 amide bonds. The molecule has 13 heteroatoms. The van der Waals surface area contributed by atoms with Crippen molar-refractivity contribution in [3.05, 3.63) is 73.2 Å². The Morgan fingerprint density at radius 2 is 1.53 bits per heavy atom. The van der Waals surface area contributed by atoms with Gasteiger partial charge in [-0.05, 0) is 0 Å². The Morgan fingerprint density at radius 1 is 0.941 bits per heavy atom. The Labute approximate surface area is 206 Å². The van der Waals surface area contributed by atoms with E-state index < -0.39 is 0 Å². The summed E-state index contributed by atoms with van der Waals surface area (Å²) in [6.07, 6.45) is 9.57. The fraction of sp³-hybridized carbons (Fsp3) is 0.143. The van der Waals surface area contributed by atoms with Crippen molar-refractivity contribution < 1.29 is 0 Å². The molecule has 3 aromatic rings. The number of nitrogens with zero attached hydrogens (tertiary/aromatic N) is 8. The molecule has 0 unspecified atom stereocenters. The number of nitrogens with one attached hydrogen (secondary N) is 1. The lowest BCUT2D eigenvalue weighted by molar-refractivity contribution is 0.706. The Balaban J connectivity index is 0.000000450. The number of hydrogen-bond acceptors (Lipinski definition) is 9. The van der Waals surface area contributed by atoms with Crippen molar-refractivity contribution in [2.24, 2.45) is 0 Å². The molecule has 3 aromatic heterocycles. The van der Waals surface area contributed by atoms with Gasteiger partial charge in [-0.15, -0.1) is 19.7 Å². The maximum absolute atomic E-state index is 8.49. The van der Waals surface area contributed by atoms with Gasteiger partial charge in [-0.3, -0.25) is 9.78 Å². The average Bonchev–Trinajstić information content (AvgIpc) is 3.53. The molecular weight excluding hydrogens is 500 g/mol. The maximum Gasteiger partial charge on any atom is 0.163 e. The Hall–Kier alpha value is -4.80. The van der Waals surface area contributed by atoms with E-state index in [-0.39, 0.29) is 5.82 Å². The summed E-state index contributed by atoms with van der Waals surface area (Å²) < 4.78 is 3.09. The third-order valence-electron chi connectivity index (χ3n) is 3.43. The molecule has 0 aliphatic carbocycles. The highest BCUT2D eigenvalue weighted by molar-refractivity contribution is 9.09. The van der Waals surface area contributed by atoms with Crippen LogP contribution in [0.15, 0.2) is 56.6 Å². The van der Waals surface area contributed by atoms with E-state index in [2.05, 4.69) is 56.1 Å². The van der Waals surface area contributed by atoms with E-state index in [0.29, 0.717) is 41.4 Å². The molecule has 0 aromatic carbocycles. The standard InChI is InChI=1S/2C7H8N4.C4H4N4.C3H5Br/c1-2-3-11-5-6(4-8)7(9)10-11;1-2-3-11-7(9)6(4-8)5-10-11;5-1-3-2-7-8-4(3)6;1-2-3-4/h2,5H,1,3H2,(H2,9,10);2,5H,1,3,9H2;2H,(H3,6,7,8);2H,1,3H2. The Kier molecular flexibility index (Phi) is 14.5. The number of nitrogens with two attached hydrogens (primary N) is 3. The number of halogens is 1. The summed E-state index contributed by atoms with van der Waals surface area (Å²) in [5.41, 5.74) is 17.3. The van der Waals surface area contributed by atoms with Crippen molar-refractivity contribution in [1.29, 1.82) is 15.8 Å². The fourth-order valence-electron chi connectivity index (χ4n) is 1.88. The zero-order chi connectivity index (χ0) is 25.9. The average molecular weight is 525 g/mol. The molecule has 0 saturated heterocycles. The van der Waals surface area contributed by atoms with Crippen molar-refractivity contribution in [3.8, 4) is 18.2 Å². The first-order valence-corrected chi connectivity index (χ1v) is 10.5. The largest absolute Gasteiger partial charge is 0.383 e. The van der Waals surface area contributed by atoms with Crippen LogP contribution in [-0.2, 0) is 13.1 Å². The van der Waals surface area contributed by atoms with Crippen molar-refractivity contribution in [2.45, 2.75) is 13.1 Å². The summed E-state index contributed by atoms with van der Waals surface area (Å²) in [4.78, 5) is 0. The van der Waals surface area contributed by atoms with Crippen LogP contribution in [0.25, 0.3) is 0 Å². The van der Waals surface area contributed by atoms with Crippen LogP contribution >= 0.6 is 15.9 Å². The molecule has 176 valence electrons. The van der Waals surface area contributed by atoms with E-state index in [1.165, 1.54) is 17.1 Å². The van der Waals surface area contributed by atoms with Crippen molar-refractivity contribution in [2.75, 3.05) is 22.5 Å². The van der Waals surface area contributed by atoms with Gasteiger partial charge in [-0.25, -0.2) is 4.68 Å². The second kappa shape index (κ2) is 16.8. The number of alkyl halides is 1. The van der Waals surface area contributed by atoms with Crippen LogP contribution in [0.1, 0.15) is 16.7 Å². The van der Waals surface area contributed by atoms with Crippen molar-refractivity contribution in [3.63, 3.8) is 0 Å². The van der Waals surface area contributed by atoms with Gasteiger partial charge in [0.05, 0.1) is 25.5 Å². The molecule has 0 aliphatic heterocycles. The number of allylic oxidation sites excluding steroid dienone is 3. The number of aromatic nitrogens is 6. The molecule has 0 saturated carbocycles. The van der Waals surface area contributed by atoms with Gasteiger partial charge in [-0.1, -0.05) is 34.2 Å². The number of nitriles is 3. The second-order valence-electron chi connectivity index (χ2n) is 5.83. The van der Waals surface area contributed by atoms with Crippen LogP contribution in [0.4, 0.5) is 17.5 Å². The van der Waals surface area contributed by atoms with E-state index in [4.69, 9.17) is 33.0 Å². The minimum Gasteiger partial charge on any atom is -0.383 e. The SMILES string of the molecule is C=CCBr.C=CCn1cc(C#N)c(N)n1.C=CCn1ncc(C#N)c1N.N#Cc1cn[nH]c1N. The fourth-order valence-corrected chi connectivity index (χ4v) is 1.88. The predicted molar refractivity (Wildman–Crippen MR) is 135 cm³/mol. The summed E-state index contributed by atoms with van der Waals surface area (Å²) in [5, 5.41) is 39.8. The second-order valence-corrected chi connectivity index (χ2v) is 6.48. The minimum absolute atomic E-state index is 0.273. The predicted octanol–water partition coefficient (Wildman–Crippen LogP) is 2.48. The van der Waals surface area contributed by atoms with E-state index in [9.17, 15) is 0 Å². The Bertz CT molecular complexity index is 1170. The first-order chi connectivity index (χ1) is 16.3. The number of nitrogen functional groups attached to an aromatic ring is 3. The highest BCUT2D eigenvalue weighted by Gasteiger charge is 2.03. The molecule has 0 aliphatic rings. The van der Waals surface area contributed by atoms with Gasteiger partial charge < -0.3 is 17.2 Å². The normalized spacial score (nSPS) is 8.53. The van der Waals surface area contributed by atoms with Gasteiger partial charge in [0.15, 0.2) is 5.82 Å². The molecule has 3 heterocycles. The molecule has 0 atom stereocenters. The van der Waals surface area contributed by atoms with Gasteiger partial charge in [0.1, 0.15) is 46.5 Å². The first kappa shape index (κ1) is 29.2. The smallest absolute Gasteiger partial charge is 0.163 e. The molecule has 12 nitrogen and oxygen atoms in total. The molecule has 0 spiro atoms. The summed E-state index contributed by atoms with van der Waals surface area (Å²) in [6, 6.07) is 5.72. The van der Waals surface area contributed by atoms with E-state index in [1.54, 1.807) is 29.1 Å². The topological polar surface area (TPSA) is 214 Å². The molecule has 7 N–H and O–H groups in total. The molecule has 0 bridgehead atoms. The zero-order valence-corrected chi connectivity index (χ0v) is 20.0. The van der Waals surface area contributed by atoms with Gasteiger partial charge >= 0.3 is 0 Å². The van der Waals surface area contributed by atoms with Gasteiger partial charge in [0, 0.05) is 11.5 Å². The van der Waals surface area contributed by atoms with Gasteiger partial charge in [-0.2, -0.15) is 31.1 Å². The lowest BCUT2D eigenvalue weighted by atomic mass is 10.4. The summed E-state index contributed by atoms with van der Waals surface area (Å²) in [7, 11) is 0. The zero-order valence-electron chi connectivity index (χ0n) is 18.4. The van der Waals surface area contributed by atoms with Crippen LogP contribution in [-0.4, -0.2) is 35.1 Å². The van der Waals surface area contributed by atoms with E-state index >= 15 is 0 Å². The van der Waals surface area contributed by atoms with E-state index in [1.807, 2.05) is 18.2 Å². The molecule has 34 heavy (non-hydrogen) atoms. The van der Waals surface area contributed by atoms with Gasteiger partial charge in [0.2, 0.25) is 0 Å². The number of H-pyrrole nitrogens is 1. The molecule has 3 rings (SSSR count). The Morgan fingerprint density at radius 3 is 1.88 bits per heavy atom. The summed E-state index contributed by atoms with van der Waals surface area (Å²) >= 11 is 3.13. The monoisotopic (exact) mass is 524 g/mol. The van der Waals surface area contributed by atoms with Crippen molar-refractivity contribution in [1.82, 2.24) is 29.8 Å². The lowest BCUT2D eigenvalue weighted by Crippen LogP contribution is -2.02. The van der Waals surface area contributed by atoms with Crippen LogP contribution in [0.3, 0.4) is 0 Å². The first-order valence-electron chi connectivity index (χ1n) is 9.35. The quantitative estimate of drug-likeness (QED) is 0.284. The highest BCUT2D eigenvalue weighted by Crippen LogP contribution is 2.08. The third kappa shape index (κ3) is 10.0. The minimum atomic E-state index is 0.273. The third-order valence-corrected chi connectivity index (χ3v) is 3.89. The van der Waals surface area contributed by atoms with Crippen LogP contribution in [0.5, 0.6) is 0 Å². The van der Waals surface area contributed by atoms with Crippen LogP contribution in [0.2, 0.25) is 0 Å². The molecular formula is C21H25BrN12. The van der Waals surface area contributed by atoms with E-state index in [0.717, 1.165) is 5.33 Å². The van der Waals surface area contributed by atoms with Gasteiger partial charge in [0.25, 0.3) is 0 Å². The molecule has 0 fully saturated rings. The van der Waals surface area contributed by atoms with Crippen molar-refractivity contribution >= 4 is 33.4 Å². The molecule has 0 radical (unpaired) electrons. The lowest BCUT2D eigenvalue weighted by Gasteiger charge is -1.96. The summed E-state index contributed by atoms with van der Waals surface area (Å²) in [5.74, 6) is 0.995. The maximum atomic E-state index is 8.49.